The highest BCUT2D eigenvalue weighted by molar-refractivity contribution is 7.07. The van der Waals surface area contributed by atoms with Gasteiger partial charge >= 0.3 is 0 Å². The van der Waals surface area contributed by atoms with Crippen molar-refractivity contribution in [2.24, 2.45) is 17.6 Å². The summed E-state index contributed by atoms with van der Waals surface area (Å²) in [5, 5.41) is 4.02. The van der Waals surface area contributed by atoms with E-state index < -0.39 is 0 Å². The predicted octanol–water partition coefficient (Wildman–Crippen LogP) is 2.09. The molecule has 1 atom stereocenters. The van der Waals surface area contributed by atoms with Crippen LogP contribution in [0, 0.1) is 11.8 Å². The lowest BCUT2D eigenvalue weighted by atomic mass is 9.89. The maximum absolute atomic E-state index is 11.8. The minimum atomic E-state index is 0.00917. The van der Waals surface area contributed by atoms with Crippen LogP contribution < -0.4 is 5.73 Å². The van der Waals surface area contributed by atoms with E-state index in [-0.39, 0.29) is 11.7 Å². The molecule has 1 aromatic heterocycles. The number of nitrogens with two attached hydrogens (primary N) is 1. The highest BCUT2D eigenvalue weighted by atomic mass is 32.1. The summed E-state index contributed by atoms with van der Waals surface area (Å²) in [6.07, 6.45) is 0.531. The molecule has 1 rings (SSSR count). The van der Waals surface area contributed by atoms with Crippen molar-refractivity contribution in [1.82, 2.24) is 0 Å². The molecule has 0 saturated carbocycles. The standard InChI is InChI=1S/C11H17NOS/c1-8(2)10(6-12)11(13)5-9-3-4-14-7-9/h3-4,7-8,10H,5-6,12H2,1-2H3. The topological polar surface area (TPSA) is 43.1 Å². The molecule has 0 spiro atoms. The zero-order valence-corrected chi connectivity index (χ0v) is 9.51. The fraction of sp³-hybridized carbons (Fsp3) is 0.545. The molecule has 0 aromatic carbocycles. The van der Waals surface area contributed by atoms with Gasteiger partial charge in [-0.05, 0) is 28.3 Å². The van der Waals surface area contributed by atoms with Gasteiger partial charge in [0.2, 0.25) is 0 Å². The van der Waals surface area contributed by atoms with Crippen LogP contribution in [-0.4, -0.2) is 12.3 Å². The van der Waals surface area contributed by atoms with Crippen molar-refractivity contribution in [2.45, 2.75) is 20.3 Å². The molecule has 0 bridgehead atoms. The molecule has 0 radical (unpaired) electrons. The van der Waals surface area contributed by atoms with Crippen LogP contribution in [0.4, 0.5) is 0 Å². The summed E-state index contributed by atoms with van der Waals surface area (Å²) < 4.78 is 0. The second kappa shape index (κ2) is 5.27. The molecule has 0 aliphatic carbocycles. The summed E-state index contributed by atoms with van der Waals surface area (Å²) in [7, 11) is 0. The van der Waals surface area contributed by atoms with Crippen LogP contribution in [0.15, 0.2) is 16.8 Å². The number of carbonyl (C=O) groups is 1. The van der Waals surface area contributed by atoms with E-state index in [9.17, 15) is 4.79 Å². The Balaban J connectivity index is 2.56. The van der Waals surface area contributed by atoms with Gasteiger partial charge in [0.05, 0.1) is 0 Å². The monoisotopic (exact) mass is 211 g/mol. The molecule has 1 heterocycles. The number of carbonyl (C=O) groups excluding carboxylic acids is 1. The number of Topliss-reactive ketones (excluding diaryl/α,β-unsaturated/α-hetero) is 1. The molecule has 1 unspecified atom stereocenters. The molecule has 2 nitrogen and oxygen atoms in total. The number of hydrogen-bond acceptors (Lipinski definition) is 3. The Bertz CT molecular complexity index is 279. The van der Waals surface area contributed by atoms with Crippen molar-refractivity contribution in [3.05, 3.63) is 22.4 Å². The largest absolute Gasteiger partial charge is 0.330 e. The first kappa shape index (κ1) is 11.4. The van der Waals surface area contributed by atoms with Crippen LogP contribution in [0.5, 0.6) is 0 Å². The summed E-state index contributed by atoms with van der Waals surface area (Å²) in [5.74, 6) is 0.613. The molecule has 78 valence electrons. The second-order valence-electron chi connectivity index (χ2n) is 3.86. The number of thiophene rings is 1. The minimum Gasteiger partial charge on any atom is -0.330 e. The Morgan fingerprint density at radius 2 is 2.29 bits per heavy atom. The summed E-state index contributed by atoms with van der Waals surface area (Å²) in [5.41, 5.74) is 6.70. The highest BCUT2D eigenvalue weighted by Gasteiger charge is 2.20. The number of hydrogen-bond donors (Lipinski definition) is 1. The lowest BCUT2D eigenvalue weighted by Crippen LogP contribution is -2.29. The van der Waals surface area contributed by atoms with Crippen molar-refractivity contribution in [1.29, 1.82) is 0 Å². The molecular formula is C11H17NOS. The molecule has 0 aliphatic rings. The van der Waals surface area contributed by atoms with Gasteiger partial charge in [-0.15, -0.1) is 0 Å². The van der Waals surface area contributed by atoms with Gasteiger partial charge < -0.3 is 5.73 Å². The normalized spacial score (nSPS) is 13.1. The van der Waals surface area contributed by atoms with Crippen LogP contribution in [0.3, 0.4) is 0 Å². The Morgan fingerprint density at radius 3 is 2.71 bits per heavy atom. The Morgan fingerprint density at radius 1 is 1.57 bits per heavy atom. The minimum absolute atomic E-state index is 0.00917. The first-order valence-electron chi connectivity index (χ1n) is 4.89. The van der Waals surface area contributed by atoms with E-state index in [1.807, 2.05) is 30.7 Å². The fourth-order valence-corrected chi connectivity index (χ4v) is 2.17. The lowest BCUT2D eigenvalue weighted by molar-refractivity contribution is -0.123. The summed E-state index contributed by atoms with van der Waals surface area (Å²) in [6.45, 7) is 4.55. The average Bonchev–Trinajstić information content (AvgIpc) is 2.57. The fourth-order valence-electron chi connectivity index (χ4n) is 1.50. The van der Waals surface area contributed by atoms with Gasteiger partial charge in [0.1, 0.15) is 5.78 Å². The molecule has 0 saturated heterocycles. The van der Waals surface area contributed by atoms with Gasteiger partial charge in [-0.25, -0.2) is 0 Å². The first-order valence-corrected chi connectivity index (χ1v) is 5.83. The quantitative estimate of drug-likeness (QED) is 0.810. The van der Waals surface area contributed by atoms with E-state index in [0.29, 0.717) is 18.9 Å². The lowest BCUT2D eigenvalue weighted by Gasteiger charge is -2.16. The van der Waals surface area contributed by atoms with E-state index >= 15 is 0 Å². The van der Waals surface area contributed by atoms with Gasteiger partial charge in [0.15, 0.2) is 0 Å². The van der Waals surface area contributed by atoms with Crippen LogP contribution in [0.2, 0.25) is 0 Å². The van der Waals surface area contributed by atoms with Crippen molar-refractivity contribution >= 4 is 17.1 Å². The molecule has 0 aliphatic heterocycles. The highest BCUT2D eigenvalue weighted by Crippen LogP contribution is 2.15. The van der Waals surface area contributed by atoms with Crippen molar-refractivity contribution in [3.8, 4) is 0 Å². The van der Waals surface area contributed by atoms with Crippen LogP contribution >= 0.6 is 11.3 Å². The molecule has 3 heteroatoms. The summed E-state index contributed by atoms with van der Waals surface area (Å²) >= 11 is 1.63. The van der Waals surface area contributed by atoms with E-state index in [4.69, 9.17) is 5.73 Å². The van der Waals surface area contributed by atoms with Gasteiger partial charge in [0, 0.05) is 18.9 Å². The van der Waals surface area contributed by atoms with Crippen molar-refractivity contribution in [2.75, 3.05) is 6.54 Å². The molecular weight excluding hydrogens is 194 g/mol. The SMILES string of the molecule is CC(C)C(CN)C(=O)Cc1ccsc1. The molecule has 1 aromatic rings. The smallest absolute Gasteiger partial charge is 0.141 e. The number of rotatable bonds is 5. The Hall–Kier alpha value is -0.670. The zero-order chi connectivity index (χ0) is 10.6. The van der Waals surface area contributed by atoms with E-state index in [0.717, 1.165) is 5.56 Å². The molecule has 0 fully saturated rings. The van der Waals surface area contributed by atoms with Crippen LogP contribution in [-0.2, 0) is 11.2 Å². The number of ketones is 1. The summed E-state index contributed by atoms with van der Waals surface area (Å²) in [4.78, 5) is 11.8. The Labute approximate surface area is 89.1 Å². The van der Waals surface area contributed by atoms with Crippen LogP contribution in [0.1, 0.15) is 19.4 Å². The van der Waals surface area contributed by atoms with E-state index in [1.54, 1.807) is 11.3 Å². The van der Waals surface area contributed by atoms with E-state index in [2.05, 4.69) is 0 Å². The van der Waals surface area contributed by atoms with Crippen molar-refractivity contribution < 1.29 is 4.79 Å². The molecule has 2 N–H and O–H groups in total. The van der Waals surface area contributed by atoms with Gasteiger partial charge in [-0.3, -0.25) is 4.79 Å². The molecule has 14 heavy (non-hydrogen) atoms. The third-order valence-electron chi connectivity index (χ3n) is 2.43. The van der Waals surface area contributed by atoms with Crippen LogP contribution in [0.25, 0.3) is 0 Å². The third-order valence-corrected chi connectivity index (χ3v) is 3.16. The third kappa shape index (κ3) is 2.93. The maximum atomic E-state index is 11.8. The maximum Gasteiger partial charge on any atom is 0.141 e. The van der Waals surface area contributed by atoms with E-state index in [1.165, 1.54) is 0 Å². The summed E-state index contributed by atoms with van der Waals surface area (Å²) in [6, 6.07) is 2.00. The first-order chi connectivity index (χ1) is 6.65. The van der Waals surface area contributed by atoms with Gasteiger partial charge in [-0.2, -0.15) is 11.3 Å². The van der Waals surface area contributed by atoms with Gasteiger partial charge in [-0.1, -0.05) is 13.8 Å². The van der Waals surface area contributed by atoms with Crippen molar-refractivity contribution in [3.63, 3.8) is 0 Å². The zero-order valence-electron chi connectivity index (χ0n) is 8.69. The molecule has 0 amide bonds. The Kier molecular flexibility index (Phi) is 4.29. The predicted molar refractivity (Wildman–Crippen MR) is 60.4 cm³/mol. The van der Waals surface area contributed by atoms with Gasteiger partial charge in [0.25, 0.3) is 0 Å². The average molecular weight is 211 g/mol. The second-order valence-corrected chi connectivity index (χ2v) is 4.64.